The van der Waals surface area contributed by atoms with Gasteiger partial charge in [-0.05, 0) is 63.4 Å². The van der Waals surface area contributed by atoms with Crippen LogP contribution < -0.4 is 0 Å². The van der Waals surface area contributed by atoms with E-state index in [2.05, 4.69) is 59.7 Å². The molecule has 2 aromatic heterocycles. The predicted octanol–water partition coefficient (Wildman–Crippen LogP) is 6.56. The molecule has 2 heterocycles. The van der Waals surface area contributed by atoms with Crippen LogP contribution in [0.5, 0.6) is 0 Å². The van der Waals surface area contributed by atoms with Gasteiger partial charge >= 0.3 is 0 Å². The molecule has 0 aromatic carbocycles. The maximum Gasteiger partial charge on any atom is 0.0192 e. The van der Waals surface area contributed by atoms with Crippen LogP contribution in [0.4, 0.5) is 0 Å². The zero-order chi connectivity index (χ0) is 13.8. The highest BCUT2D eigenvalue weighted by Gasteiger charge is 1.90. The molecule has 0 bridgehead atoms. The van der Waals surface area contributed by atoms with Crippen LogP contribution >= 0.6 is 34.4 Å². The summed E-state index contributed by atoms with van der Waals surface area (Å²) in [6.45, 7) is 4.36. The Morgan fingerprint density at radius 2 is 1.89 bits per heavy atom. The van der Waals surface area contributed by atoms with Gasteiger partial charge in [-0.15, -0.1) is 0 Å². The number of rotatable bonds is 6. The first-order valence-electron chi connectivity index (χ1n) is 6.64. The number of thioether (sulfide) groups is 1. The minimum Gasteiger partial charge on any atom is -0.157 e. The van der Waals surface area contributed by atoms with Crippen LogP contribution in [0.3, 0.4) is 0 Å². The van der Waals surface area contributed by atoms with Crippen molar-refractivity contribution >= 4 is 40.5 Å². The third-order valence-electron chi connectivity index (χ3n) is 2.29. The normalized spacial score (nSPS) is 10.4. The van der Waals surface area contributed by atoms with Crippen molar-refractivity contribution in [3.8, 4) is 0 Å². The van der Waals surface area contributed by atoms with Gasteiger partial charge in [0.2, 0.25) is 0 Å². The highest BCUT2D eigenvalue weighted by molar-refractivity contribution is 7.98. The topological polar surface area (TPSA) is 0 Å². The van der Waals surface area contributed by atoms with E-state index in [-0.39, 0.29) is 0 Å². The summed E-state index contributed by atoms with van der Waals surface area (Å²) in [4.78, 5) is 0. The molecule has 0 radical (unpaired) electrons. The minimum absolute atomic E-state index is 1.12. The van der Waals surface area contributed by atoms with Gasteiger partial charge in [0.15, 0.2) is 0 Å². The van der Waals surface area contributed by atoms with E-state index in [0.29, 0.717) is 0 Å². The molecule has 0 aliphatic rings. The average Bonchev–Trinajstić information content (AvgIpc) is 3.11. The molecule has 0 aliphatic heterocycles. The van der Waals surface area contributed by atoms with Gasteiger partial charge in [0.05, 0.1) is 0 Å². The summed E-state index contributed by atoms with van der Waals surface area (Å²) < 4.78 is 0. The third kappa shape index (κ3) is 8.30. The second-order valence-corrected chi connectivity index (χ2v) is 6.72. The molecule has 0 atom stereocenters. The highest BCUT2D eigenvalue weighted by Crippen LogP contribution is 2.15. The first-order chi connectivity index (χ1) is 9.36. The second-order valence-electron chi connectivity index (χ2n) is 4.05. The molecule has 3 heteroatoms. The minimum atomic E-state index is 1.12. The molecular weight excluding hydrogens is 288 g/mol. The predicted molar refractivity (Wildman–Crippen MR) is 94.4 cm³/mol. The molecule has 104 valence electrons. The quantitative estimate of drug-likeness (QED) is 0.544. The molecular formula is C16H22S3. The van der Waals surface area contributed by atoms with E-state index in [4.69, 9.17) is 0 Å². The van der Waals surface area contributed by atoms with Crippen LogP contribution in [0, 0.1) is 0 Å². The van der Waals surface area contributed by atoms with Gasteiger partial charge in [-0.3, -0.25) is 0 Å². The van der Waals surface area contributed by atoms with Gasteiger partial charge in [0, 0.05) is 5.75 Å². The van der Waals surface area contributed by atoms with Crippen molar-refractivity contribution < 1.29 is 0 Å². The molecule has 0 N–H and O–H groups in total. The lowest BCUT2D eigenvalue weighted by atomic mass is 10.3. The maximum atomic E-state index is 2.22. The number of hydrogen-bond acceptors (Lipinski definition) is 3. The molecule has 0 unspecified atom stereocenters. The summed E-state index contributed by atoms with van der Waals surface area (Å²) in [5, 5.41) is 8.60. The Morgan fingerprint density at radius 1 is 1.11 bits per heavy atom. The molecule has 0 aliphatic carbocycles. The zero-order valence-corrected chi connectivity index (χ0v) is 14.1. The summed E-state index contributed by atoms with van der Waals surface area (Å²) in [7, 11) is 0. The summed E-state index contributed by atoms with van der Waals surface area (Å²) >= 11 is 5.54. The van der Waals surface area contributed by atoms with Crippen molar-refractivity contribution in [3.63, 3.8) is 0 Å². The Labute approximate surface area is 129 Å². The molecule has 0 amide bonds. The summed E-state index contributed by atoms with van der Waals surface area (Å²) in [6.07, 6.45) is 6.73. The second kappa shape index (κ2) is 11.3. The van der Waals surface area contributed by atoms with Crippen LogP contribution in [0.15, 0.2) is 39.7 Å². The Hall–Kier alpha value is -0.510. The fourth-order valence-electron chi connectivity index (χ4n) is 1.33. The SMILES string of the molecule is CCC=Cc1ccsc1.CCCSCc1ccsc1. The lowest BCUT2D eigenvalue weighted by molar-refractivity contribution is 1.10. The monoisotopic (exact) mass is 310 g/mol. The maximum absolute atomic E-state index is 2.22. The smallest absolute Gasteiger partial charge is 0.0192 e. The summed E-state index contributed by atoms with van der Waals surface area (Å²) in [5.41, 5.74) is 2.80. The van der Waals surface area contributed by atoms with Crippen LogP contribution in [-0.2, 0) is 5.75 Å². The van der Waals surface area contributed by atoms with Crippen molar-refractivity contribution in [1.29, 1.82) is 0 Å². The van der Waals surface area contributed by atoms with Crippen molar-refractivity contribution in [1.82, 2.24) is 0 Å². The molecule has 2 rings (SSSR count). The Balaban J connectivity index is 0.000000191. The van der Waals surface area contributed by atoms with E-state index >= 15 is 0 Å². The molecule has 0 nitrogen and oxygen atoms in total. The van der Waals surface area contributed by atoms with E-state index in [0.717, 1.165) is 6.42 Å². The first kappa shape index (κ1) is 16.5. The largest absolute Gasteiger partial charge is 0.157 e. The van der Waals surface area contributed by atoms with Gasteiger partial charge in [-0.25, -0.2) is 0 Å². The Bertz CT molecular complexity index is 413. The van der Waals surface area contributed by atoms with Crippen LogP contribution in [0.25, 0.3) is 6.08 Å². The number of thiophene rings is 2. The van der Waals surface area contributed by atoms with Gasteiger partial charge in [-0.1, -0.05) is 26.0 Å². The van der Waals surface area contributed by atoms with Crippen molar-refractivity contribution in [2.24, 2.45) is 0 Å². The van der Waals surface area contributed by atoms with Gasteiger partial charge in [0.25, 0.3) is 0 Å². The Morgan fingerprint density at radius 3 is 2.47 bits per heavy atom. The molecule has 0 fully saturated rings. The van der Waals surface area contributed by atoms with E-state index in [9.17, 15) is 0 Å². The van der Waals surface area contributed by atoms with Crippen molar-refractivity contribution in [2.45, 2.75) is 32.4 Å². The van der Waals surface area contributed by atoms with Gasteiger partial charge in [0.1, 0.15) is 0 Å². The van der Waals surface area contributed by atoms with E-state index in [1.807, 2.05) is 11.8 Å². The molecule has 19 heavy (non-hydrogen) atoms. The first-order valence-corrected chi connectivity index (χ1v) is 9.68. The highest BCUT2D eigenvalue weighted by atomic mass is 32.2. The lowest BCUT2D eigenvalue weighted by Gasteiger charge is -1.94. The summed E-state index contributed by atoms with van der Waals surface area (Å²) in [6, 6.07) is 4.32. The number of hydrogen-bond donors (Lipinski definition) is 0. The van der Waals surface area contributed by atoms with Crippen LogP contribution in [-0.4, -0.2) is 5.75 Å². The fraction of sp³-hybridized carbons (Fsp3) is 0.375. The fourth-order valence-corrected chi connectivity index (χ4v) is 3.58. The van der Waals surface area contributed by atoms with Gasteiger partial charge in [-0.2, -0.15) is 34.4 Å². The van der Waals surface area contributed by atoms with E-state index in [1.54, 1.807) is 22.7 Å². The average molecular weight is 311 g/mol. The third-order valence-corrected chi connectivity index (χ3v) is 4.95. The Kier molecular flexibility index (Phi) is 9.86. The van der Waals surface area contributed by atoms with E-state index in [1.165, 1.54) is 29.1 Å². The molecule has 0 saturated carbocycles. The van der Waals surface area contributed by atoms with Gasteiger partial charge < -0.3 is 0 Å². The molecule has 0 spiro atoms. The van der Waals surface area contributed by atoms with E-state index < -0.39 is 0 Å². The standard InChI is InChI=1S/C8H12S2.C8H10S/c1-2-4-9-6-8-3-5-10-7-8;1-2-3-4-8-5-6-9-7-8/h3,5,7H,2,4,6H2,1H3;3-7H,2H2,1H3. The van der Waals surface area contributed by atoms with Crippen LogP contribution in [0.2, 0.25) is 0 Å². The molecule has 2 aromatic rings. The zero-order valence-electron chi connectivity index (χ0n) is 11.7. The van der Waals surface area contributed by atoms with Crippen molar-refractivity contribution in [2.75, 3.05) is 5.75 Å². The molecule has 0 saturated heterocycles. The van der Waals surface area contributed by atoms with Crippen molar-refractivity contribution in [3.05, 3.63) is 50.9 Å². The van der Waals surface area contributed by atoms with Crippen LogP contribution in [0.1, 0.15) is 37.8 Å². The number of allylic oxidation sites excluding steroid dienone is 1. The lowest BCUT2D eigenvalue weighted by Crippen LogP contribution is -1.76. The summed E-state index contributed by atoms with van der Waals surface area (Å²) in [5.74, 6) is 2.48.